The lowest BCUT2D eigenvalue weighted by Gasteiger charge is -2.57. The number of aliphatic hydroxyl groups is 1. The lowest BCUT2D eigenvalue weighted by molar-refractivity contribution is -0.153. The van der Waals surface area contributed by atoms with Crippen molar-refractivity contribution >= 4 is 44.9 Å². The molecule has 1 aliphatic carbocycles. The minimum atomic E-state index is -4.64. The van der Waals surface area contributed by atoms with E-state index in [0.717, 1.165) is 7.11 Å². The summed E-state index contributed by atoms with van der Waals surface area (Å²) in [6.07, 6.45) is -2.15. The fourth-order valence-electron chi connectivity index (χ4n) is 8.35. The average Bonchev–Trinajstić information content (AvgIpc) is 3.40. The molecule has 3 aliphatic rings. The second kappa shape index (κ2) is 13.2. The van der Waals surface area contributed by atoms with Gasteiger partial charge in [-0.15, -0.1) is 0 Å². The van der Waals surface area contributed by atoms with Crippen LogP contribution in [-0.4, -0.2) is 82.8 Å². The van der Waals surface area contributed by atoms with Gasteiger partial charge in [-0.25, -0.2) is 27.4 Å². The molecule has 3 aromatic rings. The van der Waals surface area contributed by atoms with Crippen LogP contribution in [0.2, 0.25) is 0 Å². The molecule has 1 aromatic heterocycles. The molecule has 14 heteroatoms. The zero-order valence-corrected chi connectivity index (χ0v) is 32.0. The van der Waals surface area contributed by atoms with Crippen molar-refractivity contribution < 1.29 is 51.6 Å². The molecular weight excluding hydrogens is 704 g/mol. The molecule has 1 amide bonds. The Hall–Kier alpha value is -4.85. The van der Waals surface area contributed by atoms with E-state index in [4.69, 9.17) is 18.9 Å². The Kier molecular flexibility index (Phi) is 9.45. The number of hydrogen-bond acceptors (Lipinski definition) is 11. The van der Waals surface area contributed by atoms with Crippen LogP contribution >= 0.6 is 0 Å². The summed E-state index contributed by atoms with van der Waals surface area (Å²) in [7, 11) is -3.52. The highest BCUT2D eigenvalue weighted by Gasteiger charge is 2.70. The highest BCUT2D eigenvalue weighted by atomic mass is 32.2. The van der Waals surface area contributed by atoms with E-state index in [1.807, 2.05) is 12.1 Å². The van der Waals surface area contributed by atoms with Gasteiger partial charge >= 0.3 is 18.2 Å². The second-order valence-corrected chi connectivity index (χ2v) is 18.1. The molecule has 0 bridgehead atoms. The molecule has 1 fully saturated rings. The number of sulfone groups is 1. The van der Waals surface area contributed by atoms with Gasteiger partial charge < -0.3 is 29.0 Å². The van der Waals surface area contributed by atoms with Crippen LogP contribution in [-0.2, 0) is 44.8 Å². The molecule has 6 rings (SSSR count). The lowest BCUT2D eigenvalue weighted by Crippen LogP contribution is -2.70. The second-order valence-electron chi connectivity index (χ2n) is 15.9. The van der Waals surface area contributed by atoms with E-state index in [-0.39, 0.29) is 42.1 Å². The van der Waals surface area contributed by atoms with Crippen LogP contribution in [0, 0.1) is 11.8 Å². The van der Waals surface area contributed by atoms with E-state index >= 15 is 13.2 Å². The number of para-hydroxylation sites is 1. The zero-order valence-electron chi connectivity index (χ0n) is 31.2. The van der Waals surface area contributed by atoms with Crippen LogP contribution in [0.15, 0.2) is 70.8 Å². The topological polar surface area (TPSA) is 168 Å². The summed E-state index contributed by atoms with van der Waals surface area (Å²) in [6.45, 7) is 11.4. The standard InChI is InChI=1S/C39H46N2O11S/c1-22-18-30(42)31(33(43)49-8)27-20-29-32-26(25-16-12-13-17-28(25)41(32)35(45)51-37(2,3)4)19-23(21-50-36(46)52-38(5,6)7)40(29)34(44)39(22,27)53(47,48)24-14-10-9-11-15-24/h9-17,22-23,27,29,42H,18-21H2,1-8H3/t22-,23+,27-,29-,39-/m1/s1. The van der Waals surface area contributed by atoms with E-state index in [1.165, 1.54) is 21.6 Å². The number of carbonyl (C=O) groups excluding carboxylic acids is 4. The first-order valence-corrected chi connectivity index (χ1v) is 19.1. The Morgan fingerprint density at radius 2 is 1.55 bits per heavy atom. The van der Waals surface area contributed by atoms with Crippen LogP contribution < -0.4 is 0 Å². The molecule has 53 heavy (non-hydrogen) atoms. The number of ether oxygens (including phenoxy) is 4. The number of aromatic nitrogens is 1. The Balaban J connectivity index is 1.64. The fourth-order valence-corrected chi connectivity index (χ4v) is 10.8. The minimum absolute atomic E-state index is 0.0716. The van der Waals surface area contributed by atoms with Gasteiger partial charge in [-0.1, -0.05) is 43.3 Å². The van der Waals surface area contributed by atoms with Gasteiger partial charge in [0.2, 0.25) is 5.91 Å². The number of nitrogens with zero attached hydrogens (tertiary/aromatic N) is 2. The van der Waals surface area contributed by atoms with Crippen molar-refractivity contribution in [2.24, 2.45) is 11.8 Å². The van der Waals surface area contributed by atoms with E-state index in [2.05, 4.69) is 0 Å². The monoisotopic (exact) mass is 750 g/mol. The Bertz CT molecular complexity index is 2120. The number of benzene rings is 2. The van der Waals surface area contributed by atoms with Crippen LogP contribution in [0.25, 0.3) is 10.9 Å². The van der Waals surface area contributed by atoms with Crippen molar-refractivity contribution in [2.45, 2.75) is 101 Å². The predicted molar refractivity (Wildman–Crippen MR) is 193 cm³/mol. The Morgan fingerprint density at radius 3 is 2.17 bits per heavy atom. The number of rotatable bonds is 5. The summed E-state index contributed by atoms with van der Waals surface area (Å²) in [6, 6.07) is 12.7. The smallest absolute Gasteiger partial charge is 0.508 e. The molecule has 0 saturated carbocycles. The highest BCUT2D eigenvalue weighted by molar-refractivity contribution is 7.93. The molecule has 1 N–H and O–H groups in total. The van der Waals surface area contributed by atoms with E-state index in [9.17, 15) is 19.5 Å². The Labute approximate surface area is 308 Å². The molecule has 284 valence electrons. The first-order valence-electron chi connectivity index (χ1n) is 17.6. The van der Waals surface area contributed by atoms with Gasteiger partial charge in [-0.2, -0.15) is 0 Å². The largest absolute Gasteiger partial charge is 0.512 e. The van der Waals surface area contributed by atoms with Crippen molar-refractivity contribution in [3.63, 3.8) is 0 Å². The van der Waals surface area contributed by atoms with Gasteiger partial charge in [0.15, 0.2) is 14.6 Å². The number of piperidine rings is 1. The maximum atomic E-state index is 15.7. The van der Waals surface area contributed by atoms with Crippen molar-refractivity contribution in [3.05, 3.63) is 77.2 Å². The first-order chi connectivity index (χ1) is 24.7. The molecule has 13 nitrogen and oxygen atoms in total. The normalized spacial score (nSPS) is 24.5. The van der Waals surface area contributed by atoms with Crippen molar-refractivity contribution in [1.82, 2.24) is 9.47 Å². The highest BCUT2D eigenvalue weighted by Crippen LogP contribution is 2.59. The summed E-state index contributed by atoms with van der Waals surface area (Å²) in [4.78, 5) is 57.6. The summed E-state index contributed by atoms with van der Waals surface area (Å²) in [5.41, 5.74) is -0.571. The fraction of sp³-hybridized carbons (Fsp3) is 0.487. The molecule has 3 heterocycles. The SMILES string of the molecule is COC(=O)C1=C(O)C[C@@H](C)[C@]2(S(=O)(=O)c3ccccc3)C(=O)N3[C@H](COC(=O)OC(C)(C)C)Cc4c(n(C(=O)OC(C)(C)C)c5ccccc45)[C@H]3C[C@H]12. The maximum Gasteiger partial charge on any atom is 0.508 e. The number of carbonyl (C=O) groups is 4. The van der Waals surface area contributed by atoms with Crippen molar-refractivity contribution in [3.8, 4) is 0 Å². The van der Waals surface area contributed by atoms with Crippen molar-refractivity contribution in [2.75, 3.05) is 13.7 Å². The molecule has 2 aromatic carbocycles. The van der Waals surface area contributed by atoms with Gasteiger partial charge in [0.25, 0.3) is 0 Å². The third-order valence-corrected chi connectivity index (χ3v) is 12.8. The molecule has 5 atom stereocenters. The number of aliphatic hydroxyl groups excluding tert-OH is 1. The number of esters is 1. The summed E-state index contributed by atoms with van der Waals surface area (Å²) >= 11 is 0. The minimum Gasteiger partial charge on any atom is -0.512 e. The predicted octanol–water partition coefficient (Wildman–Crippen LogP) is 6.43. The van der Waals surface area contributed by atoms with Crippen LogP contribution in [0.3, 0.4) is 0 Å². The van der Waals surface area contributed by atoms with Gasteiger partial charge in [-0.3, -0.25) is 4.79 Å². The van der Waals surface area contributed by atoms with E-state index in [1.54, 1.807) is 78.8 Å². The third-order valence-electron chi connectivity index (χ3n) is 10.2. The number of allylic oxidation sites excluding steroid dienone is 1. The molecule has 0 unspecified atom stereocenters. The zero-order chi connectivity index (χ0) is 38.8. The summed E-state index contributed by atoms with van der Waals surface area (Å²) in [5, 5.41) is 12.1. The first kappa shape index (κ1) is 37.9. The Morgan fingerprint density at radius 1 is 0.925 bits per heavy atom. The van der Waals surface area contributed by atoms with Gasteiger partial charge in [-0.05, 0) is 84.1 Å². The third kappa shape index (κ3) is 6.24. The molecule has 1 saturated heterocycles. The number of fused-ring (bicyclic) bond motifs is 6. The van der Waals surface area contributed by atoms with Crippen LogP contribution in [0.5, 0.6) is 0 Å². The number of amides is 1. The van der Waals surface area contributed by atoms with Crippen molar-refractivity contribution in [1.29, 1.82) is 0 Å². The summed E-state index contributed by atoms with van der Waals surface area (Å²) in [5.74, 6) is -4.65. The van der Waals surface area contributed by atoms with Gasteiger partial charge in [0, 0.05) is 17.7 Å². The molecule has 0 spiro atoms. The maximum absolute atomic E-state index is 15.7. The number of hydrogen-bond donors (Lipinski definition) is 1. The lowest BCUT2D eigenvalue weighted by atomic mass is 9.64. The van der Waals surface area contributed by atoms with E-state index < -0.39 is 73.8 Å². The van der Waals surface area contributed by atoms with Crippen LogP contribution in [0.1, 0.15) is 78.6 Å². The molecular formula is C39H46N2O11S. The number of methoxy groups -OCH3 is 1. The molecule has 2 aliphatic heterocycles. The quantitative estimate of drug-likeness (QED) is 0.226. The molecule has 0 radical (unpaired) electrons. The van der Waals surface area contributed by atoms with E-state index in [0.29, 0.717) is 22.2 Å². The summed E-state index contributed by atoms with van der Waals surface area (Å²) < 4.78 is 51.4. The van der Waals surface area contributed by atoms with Gasteiger partial charge in [0.1, 0.15) is 23.6 Å². The van der Waals surface area contributed by atoms with Crippen LogP contribution in [0.4, 0.5) is 9.59 Å². The van der Waals surface area contributed by atoms with Gasteiger partial charge in [0.05, 0.1) is 40.9 Å². The average molecular weight is 751 g/mol.